The number of methoxy groups -OCH3 is 2. The third-order valence-corrected chi connectivity index (χ3v) is 7.18. The van der Waals surface area contributed by atoms with Gasteiger partial charge in [-0.05, 0) is 49.2 Å². The molecule has 0 atom stereocenters. The maximum absolute atomic E-state index is 13.4. The number of H-pyrrole nitrogens is 1. The van der Waals surface area contributed by atoms with Gasteiger partial charge < -0.3 is 24.7 Å². The van der Waals surface area contributed by atoms with E-state index in [1.165, 1.54) is 26.4 Å². The number of nitrogens with one attached hydrogen (secondary N) is 2. The fourth-order valence-corrected chi connectivity index (χ4v) is 5.12. The van der Waals surface area contributed by atoms with Gasteiger partial charge in [0.05, 0.1) is 30.2 Å². The van der Waals surface area contributed by atoms with Crippen molar-refractivity contribution in [3.8, 4) is 28.4 Å². The predicted octanol–water partition coefficient (Wildman–Crippen LogP) is 4.03. The average Bonchev–Trinajstić information content (AvgIpc) is 2.82. The Morgan fingerprint density at radius 1 is 1.03 bits per heavy atom. The van der Waals surface area contributed by atoms with Gasteiger partial charge in [-0.1, -0.05) is 19.4 Å². The van der Waals surface area contributed by atoms with Crippen LogP contribution in [0.25, 0.3) is 11.1 Å². The zero-order chi connectivity index (χ0) is 25.8. The lowest BCUT2D eigenvalue weighted by Gasteiger charge is -2.19. The molecule has 1 aromatic heterocycles. The lowest BCUT2D eigenvalue weighted by Crippen LogP contribution is -2.21. The Kier molecular flexibility index (Phi) is 7.70. The Labute approximate surface area is 202 Å². The highest BCUT2D eigenvalue weighted by molar-refractivity contribution is 7.91. The van der Waals surface area contributed by atoms with E-state index in [4.69, 9.17) is 14.6 Å². The number of aryl methyl sites for hydroxylation is 1. The van der Waals surface area contributed by atoms with Crippen molar-refractivity contribution < 1.29 is 32.9 Å². The van der Waals surface area contributed by atoms with Crippen molar-refractivity contribution in [3.63, 3.8) is 0 Å². The standard InChI is InChI=1S/C24H26N2O8S/c1-4-5-7-16-19(20-17(33-2)8-6-9-18(20)34-3)21(27)22(23(28)26-16)35(31,32)15-12-10-14(11-13-15)25-24(29)30/h6,8-13,25H,4-5,7H2,1-3H3,(H,29,30)(H2,26,27,28). The minimum absolute atomic E-state index is 0.0927. The minimum Gasteiger partial charge on any atom is -0.506 e. The van der Waals surface area contributed by atoms with E-state index in [0.717, 1.165) is 18.6 Å². The summed E-state index contributed by atoms with van der Waals surface area (Å²) in [5.41, 5.74) is -0.0927. The molecule has 2 aromatic carbocycles. The fraction of sp³-hybridized carbons (Fsp3) is 0.250. The molecule has 0 aliphatic carbocycles. The molecule has 0 saturated heterocycles. The van der Waals surface area contributed by atoms with Gasteiger partial charge in [0, 0.05) is 11.4 Å². The molecular weight excluding hydrogens is 476 g/mol. The van der Waals surface area contributed by atoms with Gasteiger partial charge in [0.25, 0.3) is 5.56 Å². The molecule has 1 heterocycles. The summed E-state index contributed by atoms with van der Waals surface area (Å²) in [4.78, 5) is 25.3. The maximum Gasteiger partial charge on any atom is 0.409 e. The number of hydrogen-bond donors (Lipinski definition) is 4. The van der Waals surface area contributed by atoms with E-state index in [-0.39, 0.29) is 16.1 Å². The Morgan fingerprint density at radius 2 is 1.63 bits per heavy atom. The number of rotatable bonds is 9. The number of unbranched alkanes of at least 4 members (excludes halogenated alkanes) is 1. The monoisotopic (exact) mass is 502 g/mol. The number of hydrogen-bond acceptors (Lipinski definition) is 7. The van der Waals surface area contributed by atoms with Crippen molar-refractivity contribution in [2.24, 2.45) is 0 Å². The van der Waals surface area contributed by atoms with Crippen LogP contribution in [0.2, 0.25) is 0 Å². The highest BCUT2D eigenvalue weighted by Gasteiger charge is 2.31. The highest BCUT2D eigenvalue weighted by atomic mass is 32.2. The lowest BCUT2D eigenvalue weighted by molar-refractivity contribution is 0.209. The smallest absolute Gasteiger partial charge is 0.409 e. The van der Waals surface area contributed by atoms with E-state index in [1.54, 1.807) is 18.2 Å². The van der Waals surface area contributed by atoms with Crippen LogP contribution in [0.15, 0.2) is 57.1 Å². The first-order valence-corrected chi connectivity index (χ1v) is 12.2. The Balaban J connectivity index is 2.31. The summed E-state index contributed by atoms with van der Waals surface area (Å²) in [7, 11) is -1.65. The molecule has 0 aliphatic rings. The quantitative estimate of drug-likeness (QED) is 0.342. The molecule has 0 bridgehead atoms. The van der Waals surface area contributed by atoms with Gasteiger partial charge in [0.2, 0.25) is 9.84 Å². The largest absolute Gasteiger partial charge is 0.506 e. The average molecular weight is 503 g/mol. The molecule has 3 aromatic rings. The van der Waals surface area contributed by atoms with Crippen molar-refractivity contribution in [2.75, 3.05) is 19.5 Å². The van der Waals surface area contributed by atoms with Crippen LogP contribution in [-0.4, -0.2) is 43.9 Å². The molecule has 0 saturated carbocycles. The van der Waals surface area contributed by atoms with Crippen LogP contribution in [0.1, 0.15) is 25.5 Å². The summed E-state index contributed by atoms with van der Waals surface area (Å²) in [6.07, 6.45) is 0.519. The predicted molar refractivity (Wildman–Crippen MR) is 129 cm³/mol. The molecular formula is C24H26N2O8S. The molecule has 1 amide bonds. The second-order valence-corrected chi connectivity index (χ2v) is 9.47. The summed E-state index contributed by atoms with van der Waals surface area (Å²) in [6.45, 7) is 1.96. The number of amides is 1. The molecule has 0 fully saturated rings. The SMILES string of the molecule is CCCCc1[nH]c(=O)c(S(=O)(=O)c2ccc(NC(=O)O)cc2)c(O)c1-c1c(OC)cccc1OC. The zero-order valence-corrected chi connectivity index (χ0v) is 20.2. The summed E-state index contributed by atoms with van der Waals surface area (Å²) in [5.74, 6) is -0.0934. The Morgan fingerprint density at radius 3 is 2.14 bits per heavy atom. The van der Waals surface area contributed by atoms with E-state index in [2.05, 4.69) is 10.3 Å². The molecule has 11 heteroatoms. The van der Waals surface area contributed by atoms with Crippen molar-refractivity contribution >= 4 is 21.6 Å². The number of aromatic amines is 1. The van der Waals surface area contributed by atoms with Gasteiger partial charge in [-0.3, -0.25) is 10.1 Å². The Bertz CT molecular complexity index is 1370. The first-order valence-electron chi connectivity index (χ1n) is 10.7. The van der Waals surface area contributed by atoms with E-state index in [9.17, 15) is 23.1 Å². The lowest BCUT2D eigenvalue weighted by atomic mass is 9.98. The third-order valence-electron chi connectivity index (χ3n) is 5.37. The van der Waals surface area contributed by atoms with Crippen LogP contribution in [0, 0.1) is 0 Å². The van der Waals surface area contributed by atoms with E-state index in [1.807, 2.05) is 6.92 Å². The maximum atomic E-state index is 13.4. The van der Waals surface area contributed by atoms with Gasteiger partial charge in [-0.2, -0.15) is 0 Å². The molecule has 186 valence electrons. The summed E-state index contributed by atoms with van der Waals surface area (Å²) in [6, 6.07) is 9.72. The van der Waals surface area contributed by atoms with E-state index < -0.39 is 32.1 Å². The number of ether oxygens (including phenoxy) is 2. The summed E-state index contributed by atoms with van der Waals surface area (Å²) >= 11 is 0. The van der Waals surface area contributed by atoms with Crippen LogP contribution in [0.4, 0.5) is 10.5 Å². The summed E-state index contributed by atoms with van der Waals surface area (Å²) in [5, 5.41) is 22.2. The van der Waals surface area contributed by atoms with E-state index in [0.29, 0.717) is 35.6 Å². The molecule has 3 rings (SSSR count). The van der Waals surface area contributed by atoms with Crippen molar-refractivity contribution in [1.29, 1.82) is 0 Å². The van der Waals surface area contributed by atoms with E-state index >= 15 is 0 Å². The highest BCUT2D eigenvalue weighted by Crippen LogP contribution is 2.46. The normalized spacial score (nSPS) is 11.2. The molecule has 4 N–H and O–H groups in total. The number of pyridine rings is 1. The fourth-order valence-electron chi connectivity index (χ4n) is 3.74. The first kappa shape index (κ1) is 25.6. The first-order chi connectivity index (χ1) is 16.6. The van der Waals surface area contributed by atoms with Crippen molar-refractivity contribution in [1.82, 2.24) is 4.98 Å². The second kappa shape index (κ2) is 10.5. The van der Waals surface area contributed by atoms with Crippen molar-refractivity contribution in [2.45, 2.75) is 36.0 Å². The van der Waals surface area contributed by atoms with Gasteiger partial charge in [-0.15, -0.1) is 0 Å². The molecule has 0 spiro atoms. The number of benzene rings is 2. The van der Waals surface area contributed by atoms with Crippen LogP contribution in [-0.2, 0) is 16.3 Å². The number of carbonyl (C=O) groups is 1. The zero-order valence-electron chi connectivity index (χ0n) is 19.4. The number of aromatic hydroxyl groups is 1. The molecule has 0 aliphatic heterocycles. The van der Waals surface area contributed by atoms with Gasteiger partial charge in [0.1, 0.15) is 17.2 Å². The van der Waals surface area contributed by atoms with Crippen molar-refractivity contribution in [3.05, 3.63) is 58.5 Å². The number of sulfone groups is 1. The molecule has 10 nitrogen and oxygen atoms in total. The molecule has 35 heavy (non-hydrogen) atoms. The summed E-state index contributed by atoms with van der Waals surface area (Å²) < 4.78 is 37.8. The molecule has 0 radical (unpaired) electrons. The van der Waals surface area contributed by atoms with Gasteiger partial charge >= 0.3 is 6.09 Å². The van der Waals surface area contributed by atoms with Crippen LogP contribution < -0.4 is 20.3 Å². The second-order valence-electron chi connectivity index (χ2n) is 7.58. The minimum atomic E-state index is -4.50. The number of carboxylic acid groups (broad SMARTS) is 1. The van der Waals surface area contributed by atoms with Gasteiger partial charge in [0.15, 0.2) is 4.90 Å². The third kappa shape index (κ3) is 5.09. The van der Waals surface area contributed by atoms with Crippen LogP contribution in [0.5, 0.6) is 17.2 Å². The van der Waals surface area contributed by atoms with Crippen LogP contribution >= 0.6 is 0 Å². The van der Waals surface area contributed by atoms with Crippen LogP contribution in [0.3, 0.4) is 0 Å². The molecule has 0 unspecified atom stereocenters. The Hall–Kier alpha value is -3.99. The van der Waals surface area contributed by atoms with Gasteiger partial charge in [-0.25, -0.2) is 13.2 Å². The number of aromatic nitrogens is 1. The topological polar surface area (TPSA) is 155 Å². The number of anilines is 1.